The molecule has 2 aromatic rings. The number of ether oxygens (including phenoxy) is 1. The molecular weight excluding hydrogens is 322 g/mol. The van der Waals surface area contributed by atoms with E-state index in [0.717, 1.165) is 0 Å². The van der Waals surface area contributed by atoms with Crippen molar-refractivity contribution < 1.29 is 14.8 Å². The molecule has 7 nitrogen and oxygen atoms in total. The Morgan fingerprint density at radius 2 is 2.04 bits per heavy atom. The molecule has 1 aliphatic carbocycles. The number of nitrogens with one attached hydrogen (secondary N) is 1. The van der Waals surface area contributed by atoms with Crippen molar-refractivity contribution in [2.75, 3.05) is 25.1 Å². The lowest BCUT2D eigenvalue weighted by atomic mass is 10.1. The predicted molar refractivity (Wildman–Crippen MR) is 94.4 cm³/mol. The van der Waals surface area contributed by atoms with Gasteiger partial charge in [-0.3, -0.25) is 10.1 Å². The van der Waals surface area contributed by atoms with Crippen LogP contribution in [0.2, 0.25) is 0 Å². The van der Waals surface area contributed by atoms with Gasteiger partial charge in [-0.15, -0.1) is 0 Å². The molecule has 1 aromatic carbocycles. The van der Waals surface area contributed by atoms with Crippen LogP contribution < -0.4 is 5.32 Å². The van der Waals surface area contributed by atoms with Gasteiger partial charge in [-0.25, -0.2) is 4.98 Å². The minimum atomic E-state index is -0.657. The summed E-state index contributed by atoms with van der Waals surface area (Å²) >= 11 is 0. The number of benzene rings is 1. The van der Waals surface area contributed by atoms with Crippen LogP contribution in [-0.4, -0.2) is 40.9 Å². The van der Waals surface area contributed by atoms with E-state index in [2.05, 4.69) is 10.3 Å². The van der Waals surface area contributed by atoms with Crippen molar-refractivity contribution in [3.8, 4) is 11.3 Å². The molecule has 0 saturated heterocycles. The Bertz CT molecular complexity index is 720. The Hall–Kier alpha value is -2.51. The number of pyridine rings is 1. The number of nitrogens with zero attached hydrogens (tertiary/aromatic N) is 2. The molecule has 1 unspecified atom stereocenters. The maximum atomic E-state index is 11.2. The highest BCUT2D eigenvalue weighted by atomic mass is 16.6. The highest BCUT2D eigenvalue weighted by Crippen LogP contribution is 2.29. The van der Waals surface area contributed by atoms with Gasteiger partial charge in [0, 0.05) is 24.8 Å². The van der Waals surface area contributed by atoms with Crippen LogP contribution in [0.1, 0.15) is 12.8 Å². The van der Waals surface area contributed by atoms with Crippen LogP contribution in [0.5, 0.6) is 0 Å². The molecule has 7 heteroatoms. The number of nitro groups is 1. The van der Waals surface area contributed by atoms with E-state index in [1.807, 2.05) is 18.2 Å². The first-order valence-corrected chi connectivity index (χ1v) is 8.34. The second-order valence-electron chi connectivity index (χ2n) is 6.20. The smallest absolute Gasteiger partial charge is 0.295 e. The maximum absolute atomic E-state index is 11.2. The van der Waals surface area contributed by atoms with Crippen LogP contribution in [0.4, 0.5) is 11.5 Å². The summed E-state index contributed by atoms with van der Waals surface area (Å²) in [5.74, 6) is 1.13. The average molecular weight is 343 g/mol. The Morgan fingerprint density at radius 1 is 1.28 bits per heavy atom. The van der Waals surface area contributed by atoms with Gasteiger partial charge in [-0.1, -0.05) is 30.3 Å². The summed E-state index contributed by atoms with van der Waals surface area (Å²) in [7, 11) is 0. The Morgan fingerprint density at radius 3 is 2.72 bits per heavy atom. The average Bonchev–Trinajstić information content (AvgIpc) is 3.45. The first-order chi connectivity index (χ1) is 12.1. The summed E-state index contributed by atoms with van der Waals surface area (Å²) in [6, 6.07) is 12.0. The van der Waals surface area contributed by atoms with Crippen molar-refractivity contribution in [3.05, 3.63) is 52.6 Å². The third-order valence-electron chi connectivity index (χ3n) is 4.00. The van der Waals surface area contributed by atoms with Crippen molar-refractivity contribution in [1.29, 1.82) is 0 Å². The monoisotopic (exact) mass is 343 g/mol. The summed E-state index contributed by atoms with van der Waals surface area (Å²) in [6.45, 7) is 1.23. The third kappa shape index (κ3) is 4.98. The van der Waals surface area contributed by atoms with E-state index in [0.29, 0.717) is 29.6 Å². The van der Waals surface area contributed by atoms with Gasteiger partial charge in [0.25, 0.3) is 5.69 Å². The number of aliphatic hydroxyl groups excluding tert-OH is 1. The Labute approximate surface area is 145 Å². The van der Waals surface area contributed by atoms with E-state index in [4.69, 9.17) is 4.74 Å². The first kappa shape index (κ1) is 17.3. The van der Waals surface area contributed by atoms with Crippen LogP contribution >= 0.6 is 0 Å². The zero-order chi connectivity index (χ0) is 17.6. The standard InChI is InChI=1S/C18H21N3O4/c22-15(12-25-11-13-6-7-13)10-19-17-9-8-16(21(23)24)18(20-17)14-4-2-1-3-5-14/h1-5,8-9,13,15,22H,6-7,10-12H2,(H,19,20). The fourth-order valence-electron chi connectivity index (χ4n) is 2.44. The van der Waals surface area contributed by atoms with Crippen LogP contribution in [-0.2, 0) is 4.74 Å². The molecule has 1 heterocycles. The fourth-order valence-corrected chi connectivity index (χ4v) is 2.44. The zero-order valence-electron chi connectivity index (χ0n) is 13.8. The molecule has 25 heavy (non-hydrogen) atoms. The summed E-state index contributed by atoms with van der Waals surface area (Å²) in [6.07, 6.45) is 1.77. The molecule has 1 fully saturated rings. The molecule has 0 amide bonds. The summed E-state index contributed by atoms with van der Waals surface area (Å²) in [5.41, 5.74) is 0.923. The lowest BCUT2D eigenvalue weighted by Gasteiger charge is -2.13. The SMILES string of the molecule is O=[N+]([O-])c1ccc(NCC(O)COCC2CC2)nc1-c1ccccc1. The van der Waals surface area contributed by atoms with Crippen molar-refractivity contribution in [3.63, 3.8) is 0 Å². The zero-order valence-corrected chi connectivity index (χ0v) is 13.8. The molecule has 1 aromatic heterocycles. The number of rotatable bonds is 9. The number of anilines is 1. The van der Waals surface area contributed by atoms with E-state index in [1.165, 1.54) is 18.9 Å². The minimum absolute atomic E-state index is 0.0509. The van der Waals surface area contributed by atoms with E-state index in [-0.39, 0.29) is 18.8 Å². The van der Waals surface area contributed by atoms with Gasteiger partial charge in [0.2, 0.25) is 0 Å². The molecule has 0 aliphatic heterocycles. The van der Waals surface area contributed by atoms with Gasteiger partial charge in [0.15, 0.2) is 5.69 Å². The summed E-state index contributed by atoms with van der Waals surface area (Å²) < 4.78 is 5.45. The molecule has 1 aliphatic rings. The second kappa shape index (κ2) is 8.04. The molecular formula is C18H21N3O4. The fraction of sp³-hybridized carbons (Fsp3) is 0.389. The Balaban J connectivity index is 1.64. The highest BCUT2D eigenvalue weighted by Gasteiger charge is 2.22. The molecule has 2 N–H and O–H groups in total. The number of aliphatic hydroxyl groups is 1. The molecule has 132 valence electrons. The molecule has 1 atom stereocenters. The maximum Gasteiger partial charge on any atom is 0.295 e. The lowest BCUT2D eigenvalue weighted by molar-refractivity contribution is -0.384. The number of aromatic nitrogens is 1. The number of hydrogen-bond donors (Lipinski definition) is 2. The summed E-state index contributed by atoms with van der Waals surface area (Å²) in [5, 5.41) is 24.2. The van der Waals surface area contributed by atoms with E-state index >= 15 is 0 Å². The molecule has 1 saturated carbocycles. The van der Waals surface area contributed by atoms with Gasteiger partial charge in [-0.2, -0.15) is 0 Å². The van der Waals surface area contributed by atoms with E-state index < -0.39 is 11.0 Å². The molecule has 0 radical (unpaired) electrons. The van der Waals surface area contributed by atoms with Gasteiger partial charge >= 0.3 is 0 Å². The number of hydrogen-bond acceptors (Lipinski definition) is 6. The van der Waals surface area contributed by atoms with Crippen molar-refractivity contribution in [2.24, 2.45) is 5.92 Å². The van der Waals surface area contributed by atoms with Gasteiger partial charge in [0.1, 0.15) is 5.82 Å². The largest absolute Gasteiger partial charge is 0.389 e. The van der Waals surface area contributed by atoms with E-state index in [9.17, 15) is 15.2 Å². The van der Waals surface area contributed by atoms with Crippen molar-refractivity contribution >= 4 is 11.5 Å². The third-order valence-corrected chi connectivity index (χ3v) is 4.00. The summed E-state index contributed by atoms with van der Waals surface area (Å²) in [4.78, 5) is 15.1. The lowest BCUT2D eigenvalue weighted by Crippen LogP contribution is -2.25. The molecule has 0 bridgehead atoms. The predicted octanol–water partition coefficient (Wildman–Crippen LogP) is 2.86. The van der Waals surface area contributed by atoms with Gasteiger partial charge < -0.3 is 15.2 Å². The molecule has 0 spiro atoms. The van der Waals surface area contributed by atoms with Crippen molar-refractivity contribution in [2.45, 2.75) is 18.9 Å². The molecule has 3 rings (SSSR count). The van der Waals surface area contributed by atoms with Gasteiger partial charge in [-0.05, 0) is 24.8 Å². The van der Waals surface area contributed by atoms with Crippen molar-refractivity contribution in [1.82, 2.24) is 4.98 Å². The topological polar surface area (TPSA) is 97.5 Å². The van der Waals surface area contributed by atoms with Crippen LogP contribution in [0, 0.1) is 16.0 Å². The van der Waals surface area contributed by atoms with E-state index in [1.54, 1.807) is 18.2 Å². The second-order valence-corrected chi connectivity index (χ2v) is 6.20. The highest BCUT2D eigenvalue weighted by molar-refractivity contribution is 5.71. The quantitative estimate of drug-likeness (QED) is 0.537. The van der Waals surface area contributed by atoms with Crippen LogP contribution in [0.3, 0.4) is 0 Å². The van der Waals surface area contributed by atoms with Crippen LogP contribution in [0.25, 0.3) is 11.3 Å². The Kier molecular flexibility index (Phi) is 5.57. The van der Waals surface area contributed by atoms with Crippen LogP contribution in [0.15, 0.2) is 42.5 Å². The van der Waals surface area contributed by atoms with Gasteiger partial charge in [0.05, 0.1) is 17.6 Å². The normalized spacial score (nSPS) is 14.9. The first-order valence-electron chi connectivity index (χ1n) is 8.34. The minimum Gasteiger partial charge on any atom is -0.389 e.